The van der Waals surface area contributed by atoms with Crippen LogP contribution in [0, 0.1) is 0 Å². The quantitative estimate of drug-likeness (QED) is 0.803. The second-order valence-corrected chi connectivity index (χ2v) is 3.76. The summed E-state index contributed by atoms with van der Waals surface area (Å²) in [6, 6.07) is 12.2. The third kappa shape index (κ3) is 2.04. The van der Waals surface area contributed by atoms with Crippen molar-refractivity contribution in [1.29, 1.82) is 0 Å². The smallest absolute Gasteiger partial charge is 0.343 e. The first kappa shape index (κ1) is 10.6. The number of hydrogen-bond acceptors (Lipinski definition) is 4. The van der Waals surface area contributed by atoms with Crippen molar-refractivity contribution in [1.82, 2.24) is 0 Å². The molecule has 0 aliphatic carbocycles. The highest BCUT2D eigenvalue weighted by atomic mass is 32.2. The van der Waals surface area contributed by atoms with Gasteiger partial charge in [0.25, 0.3) is 0 Å². The maximum absolute atomic E-state index is 11.5. The van der Waals surface area contributed by atoms with Crippen molar-refractivity contribution < 1.29 is 17.4 Å². The Balaban J connectivity index is 2.56. The summed E-state index contributed by atoms with van der Waals surface area (Å²) in [6.45, 7) is 0. The van der Waals surface area contributed by atoms with E-state index in [1.807, 2.05) is 18.2 Å². The molecule has 2 aromatic rings. The molecule has 5 heteroatoms. The minimum atomic E-state index is -3.17. The van der Waals surface area contributed by atoms with Crippen molar-refractivity contribution in [3.8, 4) is 0 Å². The first-order valence-electron chi connectivity index (χ1n) is 4.53. The van der Waals surface area contributed by atoms with Gasteiger partial charge >= 0.3 is 17.0 Å². The fourth-order valence-corrected chi connectivity index (χ4v) is 1.75. The Morgan fingerprint density at radius 3 is 2.44 bits per heavy atom. The number of fused-ring (bicyclic) bond motifs is 1. The Hall–Kier alpha value is -1.88. The van der Waals surface area contributed by atoms with Crippen LogP contribution in [0.5, 0.6) is 0 Å². The van der Waals surface area contributed by atoms with Crippen molar-refractivity contribution >= 4 is 27.7 Å². The molecule has 0 bridgehead atoms. The molecule has 0 aromatic heterocycles. The molecule has 82 valence electrons. The molecule has 0 heterocycles. The van der Waals surface area contributed by atoms with Crippen LogP contribution < -0.4 is 0 Å². The summed E-state index contributed by atoms with van der Waals surface area (Å²) in [7, 11) is -3.17. The molecule has 2 rings (SSSR count). The van der Waals surface area contributed by atoms with E-state index >= 15 is 0 Å². The standard InChI is InChI=1S/C11H8O4S/c12-11(15-16(13)14)10-7-3-5-8-4-1-2-6-9(8)10/h1-7,16H. The van der Waals surface area contributed by atoms with Crippen LogP contribution in [0.25, 0.3) is 10.8 Å². The van der Waals surface area contributed by atoms with E-state index in [-0.39, 0.29) is 5.56 Å². The average molecular weight is 236 g/mol. The third-order valence-corrected chi connectivity index (χ3v) is 2.48. The normalized spacial score (nSPS) is 10.6. The van der Waals surface area contributed by atoms with E-state index in [4.69, 9.17) is 0 Å². The molecule has 0 N–H and O–H groups in total. The summed E-state index contributed by atoms with van der Waals surface area (Å²) in [6.07, 6.45) is 0. The van der Waals surface area contributed by atoms with Gasteiger partial charge in [-0.05, 0) is 16.8 Å². The zero-order chi connectivity index (χ0) is 11.5. The Bertz CT molecular complexity index is 603. The van der Waals surface area contributed by atoms with Gasteiger partial charge in [-0.25, -0.2) is 4.79 Å². The Labute approximate surface area is 93.6 Å². The lowest BCUT2D eigenvalue weighted by atomic mass is 10.1. The summed E-state index contributed by atoms with van der Waals surface area (Å²) in [5, 5.41) is 1.53. The third-order valence-electron chi connectivity index (χ3n) is 2.17. The minimum Gasteiger partial charge on any atom is -0.343 e. The van der Waals surface area contributed by atoms with Gasteiger partial charge in [0.05, 0.1) is 5.56 Å². The van der Waals surface area contributed by atoms with Gasteiger partial charge in [0, 0.05) is 0 Å². The summed E-state index contributed by atoms with van der Waals surface area (Å²) in [4.78, 5) is 11.5. The molecule has 4 nitrogen and oxygen atoms in total. The highest BCUT2D eigenvalue weighted by Crippen LogP contribution is 2.19. The lowest BCUT2D eigenvalue weighted by Crippen LogP contribution is -2.04. The van der Waals surface area contributed by atoms with Crippen LogP contribution in [0.1, 0.15) is 10.4 Å². The minimum absolute atomic E-state index is 0.248. The maximum atomic E-state index is 11.5. The van der Waals surface area contributed by atoms with Crippen molar-refractivity contribution in [2.24, 2.45) is 0 Å². The average Bonchev–Trinajstić information content (AvgIpc) is 2.27. The molecule has 0 aliphatic rings. The van der Waals surface area contributed by atoms with E-state index in [2.05, 4.69) is 4.18 Å². The summed E-state index contributed by atoms with van der Waals surface area (Å²) < 4.78 is 24.8. The highest BCUT2D eigenvalue weighted by molar-refractivity contribution is 7.67. The van der Waals surface area contributed by atoms with Crippen LogP contribution in [0.4, 0.5) is 0 Å². The van der Waals surface area contributed by atoms with E-state index in [9.17, 15) is 13.2 Å². The van der Waals surface area contributed by atoms with Gasteiger partial charge in [-0.2, -0.15) is 8.42 Å². The molecule has 0 saturated heterocycles. The first-order chi connectivity index (χ1) is 7.68. The second-order valence-electron chi connectivity index (χ2n) is 3.13. The zero-order valence-electron chi connectivity index (χ0n) is 8.12. The van der Waals surface area contributed by atoms with E-state index in [0.717, 1.165) is 5.39 Å². The predicted octanol–water partition coefficient (Wildman–Crippen LogP) is 1.52. The Morgan fingerprint density at radius 2 is 1.69 bits per heavy atom. The highest BCUT2D eigenvalue weighted by Gasteiger charge is 2.11. The number of benzene rings is 2. The monoisotopic (exact) mass is 236 g/mol. The van der Waals surface area contributed by atoms with Crippen molar-refractivity contribution in [2.45, 2.75) is 0 Å². The molecule has 0 fully saturated rings. The lowest BCUT2D eigenvalue weighted by Gasteiger charge is -2.02. The van der Waals surface area contributed by atoms with E-state index in [1.165, 1.54) is 6.07 Å². The molecule has 0 amide bonds. The molecule has 2 aromatic carbocycles. The van der Waals surface area contributed by atoms with Crippen molar-refractivity contribution in [3.63, 3.8) is 0 Å². The van der Waals surface area contributed by atoms with E-state index in [0.29, 0.717) is 5.39 Å². The molecule has 0 atom stereocenters. The van der Waals surface area contributed by atoms with Gasteiger partial charge in [0.15, 0.2) is 0 Å². The Kier molecular flexibility index (Phi) is 2.87. The summed E-state index contributed by atoms with van der Waals surface area (Å²) in [5.74, 6) is -0.854. The van der Waals surface area contributed by atoms with Crippen LogP contribution in [0.3, 0.4) is 0 Å². The maximum Gasteiger partial charge on any atom is 0.354 e. The number of carbonyl (C=O) groups excluding carboxylic acids is 1. The number of carbonyl (C=O) groups is 1. The number of rotatable bonds is 2. The van der Waals surface area contributed by atoms with E-state index in [1.54, 1.807) is 18.2 Å². The fraction of sp³-hybridized carbons (Fsp3) is 0. The van der Waals surface area contributed by atoms with Gasteiger partial charge in [-0.1, -0.05) is 36.4 Å². The van der Waals surface area contributed by atoms with Crippen LogP contribution in [-0.4, -0.2) is 14.4 Å². The molecule has 0 spiro atoms. The van der Waals surface area contributed by atoms with E-state index < -0.39 is 17.0 Å². The summed E-state index contributed by atoms with van der Waals surface area (Å²) in [5.41, 5.74) is 0.248. The van der Waals surface area contributed by atoms with Crippen LogP contribution in [0.15, 0.2) is 42.5 Å². The number of thiol groups is 1. The first-order valence-corrected chi connectivity index (χ1v) is 5.62. The molecule has 16 heavy (non-hydrogen) atoms. The van der Waals surface area contributed by atoms with Gasteiger partial charge in [-0.15, -0.1) is 0 Å². The predicted molar refractivity (Wildman–Crippen MR) is 59.7 cm³/mol. The van der Waals surface area contributed by atoms with Crippen LogP contribution in [0.2, 0.25) is 0 Å². The fourth-order valence-electron chi connectivity index (χ4n) is 1.52. The van der Waals surface area contributed by atoms with Crippen LogP contribution in [-0.2, 0) is 15.2 Å². The SMILES string of the molecule is O=C(O[SH](=O)=O)c1cccc2ccccc12. The van der Waals surface area contributed by atoms with Crippen LogP contribution >= 0.6 is 0 Å². The molecule has 0 radical (unpaired) electrons. The second kappa shape index (κ2) is 4.32. The van der Waals surface area contributed by atoms with Gasteiger partial charge in [0.2, 0.25) is 0 Å². The summed E-state index contributed by atoms with van der Waals surface area (Å²) >= 11 is 0. The zero-order valence-corrected chi connectivity index (χ0v) is 9.02. The molecular weight excluding hydrogens is 228 g/mol. The van der Waals surface area contributed by atoms with Gasteiger partial charge in [0.1, 0.15) is 0 Å². The van der Waals surface area contributed by atoms with Crippen molar-refractivity contribution in [3.05, 3.63) is 48.0 Å². The topological polar surface area (TPSA) is 60.4 Å². The Morgan fingerprint density at radius 1 is 1.00 bits per heavy atom. The molecule has 0 saturated carbocycles. The lowest BCUT2D eigenvalue weighted by molar-refractivity contribution is 0.0756. The molecule has 0 aliphatic heterocycles. The number of hydrogen-bond donors (Lipinski definition) is 1. The largest absolute Gasteiger partial charge is 0.354 e. The van der Waals surface area contributed by atoms with Gasteiger partial charge in [-0.3, -0.25) is 0 Å². The molecular formula is C11H8O4S. The van der Waals surface area contributed by atoms with Gasteiger partial charge < -0.3 is 4.18 Å². The van der Waals surface area contributed by atoms with Crippen molar-refractivity contribution in [2.75, 3.05) is 0 Å². The molecule has 0 unspecified atom stereocenters.